The van der Waals surface area contributed by atoms with Crippen LogP contribution in [-0.2, 0) is 42.8 Å². The lowest BCUT2D eigenvalue weighted by molar-refractivity contribution is -0.384. The molecule has 2 amide bonds. The van der Waals surface area contributed by atoms with Crippen LogP contribution in [-0.4, -0.2) is 84.3 Å². The van der Waals surface area contributed by atoms with Gasteiger partial charge >= 0.3 is 30.1 Å². The van der Waals surface area contributed by atoms with Crippen LogP contribution in [0.25, 0.3) is 0 Å². The van der Waals surface area contributed by atoms with Crippen molar-refractivity contribution in [2.75, 3.05) is 20.3 Å². The summed E-state index contributed by atoms with van der Waals surface area (Å²) < 4.78 is 31.5. The number of nitro groups is 1. The monoisotopic (exact) mass is 677 g/mol. The molecule has 1 heterocycles. The summed E-state index contributed by atoms with van der Waals surface area (Å²) in [5.74, 6) is -4.06. The van der Waals surface area contributed by atoms with Crippen molar-refractivity contribution in [3.05, 3.63) is 62.5 Å². The average molecular weight is 678 g/mol. The molecule has 264 valence electrons. The molecule has 1 N–H and O–H groups in total. The predicted octanol–water partition coefficient (Wildman–Crippen LogP) is 4.62. The van der Waals surface area contributed by atoms with Crippen LogP contribution in [0.5, 0.6) is 0 Å². The van der Waals surface area contributed by atoms with E-state index in [1.165, 1.54) is 59.1 Å². The molecule has 0 saturated carbocycles. The van der Waals surface area contributed by atoms with E-state index in [1.54, 1.807) is 34.6 Å². The van der Waals surface area contributed by atoms with Crippen molar-refractivity contribution in [1.29, 1.82) is 0 Å². The quantitative estimate of drug-likeness (QED) is 0.0803. The van der Waals surface area contributed by atoms with E-state index in [2.05, 4.69) is 5.32 Å². The maximum absolute atomic E-state index is 13.7. The summed E-state index contributed by atoms with van der Waals surface area (Å²) in [6.07, 6.45) is -4.14. The van der Waals surface area contributed by atoms with E-state index in [0.717, 1.165) is 4.90 Å². The molecule has 1 aromatic rings. The lowest BCUT2D eigenvalue weighted by atomic mass is 9.79. The predicted molar refractivity (Wildman–Crippen MR) is 168 cm³/mol. The SMILES string of the molecule is COCCOC(=O)C1=C(C)N(C(=O)OC(C)OC(=O)[C@H](C)NC(=O)OC(C)(C)C)C(C)=C(C(=O)OC(C)C)C1c1cccc([N+](=O)[O-])c1. The number of benzene rings is 1. The fourth-order valence-electron chi connectivity index (χ4n) is 4.61. The zero-order chi connectivity index (χ0) is 36.5. The summed E-state index contributed by atoms with van der Waals surface area (Å²) in [7, 11) is 1.40. The van der Waals surface area contributed by atoms with Gasteiger partial charge in [-0.1, -0.05) is 12.1 Å². The van der Waals surface area contributed by atoms with Crippen LogP contribution in [0.15, 0.2) is 46.8 Å². The molecule has 0 aromatic heterocycles. The maximum Gasteiger partial charge on any atom is 0.421 e. The lowest BCUT2D eigenvalue weighted by Crippen LogP contribution is -2.44. The molecule has 2 rings (SSSR count). The molecule has 0 saturated heterocycles. The van der Waals surface area contributed by atoms with E-state index >= 15 is 0 Å². The van der Waals surface area contributed by atoms with E-state index in [1.807, 2.05) is 0 Å². The number of carbonyl (C=O) groups is 5. The van der Waals surface area contributed by atoms with Gasteiger partial charge in [-0.3, -0.25) is 15.0 Å². The molecule has 2 unspecified atom stereocenters. The molecular weight excluding hydrogens is 634 g/mol. The first-order chi connectivity index (χ1) is 22.3. The summed E-state index contributed by atoms with van der Waals surface area (Å²) in [6.45, 7) is 13.4. The first kappa shape index (κ1) is 39.2. The Morgan fingerprint density at radius 2 is 1.54 bits per heavy atom. The number of esters is 3. The second kappa shape index (κ2) is 16.7. The van der Waals surface area contributed by atoms with E-state index < -0.39 is 65.0 Å². The third-order valence-corrected chi connectivity index (χ3v) is 6.56. The highest BCUT2D eigenvalue weighted by Crippen LogP contribution is 2.44. The van der Waals surface area contributed by atoms with Crippen LogP contribution in [0.3, 0.4) is 0 Å². The Morgan fingerprint density at radius 3 is 2.08 bits per heavy atom. The number of amides is 2. The number of methoxy groups -OCH3 is 1. The summed E-state index contributed by atoms with van der Waals surface area (Å²) in [5.41, 5.74) is -1.39. The lowest BCUT2D eigenvalue weighted by Gasteiger charge is -2.36. The van der Waals surface area contributed by atoms with Crippen LogP contribution < -0.4 is 5.32 Å². The van der Waals surface area contributed by atoms with Crippen molar-refractivity contribution in [1.82, 2.24) is 10.2 Å². The highest BCUT2D eigenvalue weighted by atomic mass is 16.7. The molecule has 48 heavy (non-hydrogen) atoms. The molecule has 0 aliphatic carbocycles. The Balaban J connectivity index is 2.56. The third kappa shape index (κ3) is 10.5. The summed E-state index contributed by atoms with van der Waals surface area (Å²) >= 11 is 0. The van der Waals surface area contributed by atoms with Crippen molar-refractivity contribution >= 4 is 35.8 Å². The van der Waals surface area contributed by atoms with Crippen LogP contribution in [0.2, 0.25) is 0 Å². The van der Waals surface area contributed by atoms with Gasteiger partial charge in [-0.2, -0.15) is 0 Å². The third-order valence-electron chi connectivity index (χ3n) is 6.56. The van der Waals surface area contributed by atoms with Gasteiger partial charge in [-0.25, -0.2) is 24.0 Å². The van der Waals surface area contributed by atoms with Crippen molar-refractivity contribution in [2.45, 2.75) is 92.3 Å². The largest absolute Gasteiger partial charge is 0.460 e. The molecular formula is C32H43N3O13. The van der Waals surface area contributed by atoms with Gasteiger partial charge in [0.25, 0.3) is 5.69 Å². The molecule has 0 bridgehead atoms. The minimum atomic E-state index is -1.51. The summed E-state index contributed by atoms with van der Waals surface area (Å²) in [6, 6.07) is 4.16. The Bertz CT molecular complexity index is 1480. The van der Waals surface area contributed by atoms with Crippen molar-refractivity contribution in [3.8, 4) is 0 Å². The minimum Gasteiger partial charge on any atom is -0.460 e. The zero-order valence-electron chi connectivity index (χ0n) is 28.7. The minimum absolute atomic E-state index is 0.0217. The van der Waals surface area contributed by atoms with E-state index in [-0.39, 0.29) is 47.0 Å². The van der Waals surface area contributed by atoms with Gasteiger partial charge < -0.3 is 33.7 Å². The van der Waals surface area contributed by atoms with E-state index in [4.69, 9.17) is 28.4 Å². The number of allylic oxidation sites excluding steroid dienone is 2. The molecule has 0 radical (unpaired) electrons. The Labute approximate surface area is 278 Å². The van der Waals surface area contributed by atoms with Crippen LogP contribution >= 0.6 is 0 Å². The number of carbonyl (C=O) groups excluding carboxylic acids is 5. The standard InChI is InChI=1S/C32H43N3O13/c1-17(2)45-29(38)25-20(5)34(31(40)47-21(6)46-27(36)18(3)33-30(39)48-32(7,8)9)19(4)24(28(37)44-15-14-43-10)26(25)22-12-11-13-23(16-22)35(41)42/h11-13,16-18,21,26H,14-15H2,1-10H3,(H,33,39)/t18-,21?,26?/m0/s1. The highest BCUT2D eigenvalue weighted by molar-refractivity contribution is 6.01. The summed E-state index contributed by atoms with van der Waals surface area (Å²) in [5, 5.41) is 14.0. The number of nitro benzene ring substituents is 1. The highest BCUT2D eigenvalue weighted by Gasteiger charge is 2.44. The average Bonchev–Trinajstić information content (AvgIpc) is 2.95. The van der Waals surface area contributed by atoms with Gasteiger partial charge in [0.1, 0.15) is 18.2 Å². The van der Waals surface area contributed by atoms with Gasteiger partial charge in [0.05, 0.1) is 34.7 Å². The molecule has 16 heteroatoms. The smallest absolute Gasteiger partial charge is 0.421 e. The molecule has 16 nitrogen and oxygen atoms in total. The molecule has 1 aliphatic rings. The molecule has 1 aromatic carbocycles. The van der Waals surface area contributed by atoms with Gasteiger partial charge in [-0.15, -0.1) is 0 Å². The fourth-order valence-corrected chi connectivity index (χ4v) is 4.61. The Morgan fingerprint density at radius 1 is 0.938 bits per heavy atom. The topological polar surface area (TPSA) is 199 Å². The van der Waals surface area contributed by atoms with Gasteiger partial charge in [0.15, 0.2) is 0 Å². The van der Waals surface area contributed by atoms with Crippen LogP contribution in [0.1, 0.15) is 73.8 Å². The number of rotatable bonds is 12. The number of ether oxygens (including phenoxy) is 6. The van der Waals surface area contributed by atoms with Gasteiger partial charge in [0, 0.05) is 37.6 Å². The number of alkyl carbamates (subject to hydrolysis) is 1. The zero-order valence-corrected chi connectivity index (χ0v) is 28.7. The van der Waals surface area contributed by atoms with Gasteiger partial charge in [-0.05, 0) is 61.0 Å². The van der Waals surface area contributed by atoms with Crippen LogP contribution in [0.4, 0.5) is 15.3 Å². The van der Waals surface area contributed by atoms with E-state index in [0.29, 0.717) is 0 Å². The van der Waals surface area contributed by atoms with Crippen molar-refractivity contribution in [3.63, 3.8) is 0 Å². The first-order valence-electron chi connectivity index (χ1n) is 15.0. The number of hydrogen-bond acceptors (Lipinski definition) is 13. The fraction of sp³-hybridized carbons (Fsp3) is 0.531. The molecule has 3 atom stereocenters. The number of non-ortho nitro benzene ring substituents is 1. The molecule has 0 spiro atoms. The molecule has 0 fully saturated rings. The second-order valence-corrected chi connectivity index (χ2v) is 12.0. The van der Waals surface area contributed by atoms with Crippen molar-refractivity contribution < 1.29 is 57.3 Å². The number of hydrogen-bond donors (Lipinski definition) is 1. The number of nitrogens with zero attached hydrogens (tertiary/aromatic N) is 2. The Kier molecular flexibility index (Phi) is 13.6. The second-order valence-electron chi connectivity index (χ2n) is 12.0. The van der Waals surface area contributed by atoms with Crippen molar-refractivity contribution in [2.24, 2.45) is 0 Å². The molecule has 1 aliphatic heterocycles. The first-order valence-corrected chi connectivity index (χ1v) is 15.0. The van der Waals surface area contributed by atoms with E-state index in [9.17, 15) is 34.1 Å². The number of nitrogens with one attached hydrogen (secondary N) is 1. The summed E-state index contributed by atoms with van der Waals surface area (Å²) in [4.78, 5) is 77.6. The Hall–Kier alpha value is -4.99. The van der Waals surface area contributed by atoms with Crippen LogP contribution in [0, 0.1) is 10.1 Å². The van der Waals surface area contributed by atoms with Gasteiger partial charge in [0.2, 0.25) is 6.29 Å². The normalized spacial score (nSPS) is 16.1. The maximum atomic E-state index is 13.7.